The molecule has 0 aliphatic carbocycles. The molecule has 116 valence electrons. The lowest BCUT2D eigenvalue weighted by Crippen LogP contribution is -2.13. The molecule has 0 saturated heterocycles. The standard InChI is InChI=1S/C15H11N3O3S2/c19-14(9-22-11-4-2-1-3-5-11)17-15-16-12-7-6-10(18(20)21)8-13(12)23-15/h1-8H,9H2,(H,16,17,19). The SMILES string of the molecule is O=C(CSc1ccccc1)Nc1nc2ccc([N+](=O)[O-])cc2s1. The molecule has 2 aromatic carbocycles. The summed E-state index contributed by atoms with van der Waals surface area (Å²) in [5, 5.41) is 13.9. The topological polar surface area (TPSA) is 85.1 Å². The van der Waals surface area contributed by atoms with Gasteiger partial charge in [-0.1, -0.05) is 29.5 Å². The summed E-state index contributed by atoms with van der Waals surface area (Å²) in [5.74, 6) is 0.118. The minimum Gasteiger partial charge on any atom is -0.301 e. The van der Waals surface area contributed by atoms with E-state index in [2.05, 4.69) is 10.3 Å². The van der Waals surface area contributed by atoms with Crippen molar-refractivity contribution in [2.45, 2.75) is 4.90 Å². The Labute approximate surface area is 139 Å². The first-order valence-electron chi connectivity index (χ1n) is 6.64. The van der Waals surface area contributed by atoms with E-state index >= 15 is 0 Å². The van der Waals surface area contributed by atoms with Gasteiger partial charge in [0.2, 0.25) is 5.91 Å². The van der Waals surface area contributed by atoms with Crippen LogP contribution in [0.4, 0.5) is 10.8 Å². The third-order valence-corrected chi connectivity index (χ3v) is 4.89. The second kappa shape index (κ2) is 6.76. The minimum absolute atomic E-state index is 0.0126. The number of carbonyl (C=O) groups excluding carboxylic acids is 1. The van der Waals surface area contributed by atoms with Crippen LogP contribution in [0.2, 0.25) is 0 Å². The van der Waals surface area contributed by atoms with E-state index in [4.69, 9.17) is 0 Å². The van der Waals surface area contributed by atoms with Gasteiger partial charge in [0.1, 0.15) is 0 Å². The molecule has 0 fully saturated rings. The molecule has 0 aliphatic heterocycles. The minimum atomic E-state index is -0.450. The number of nitrogens with one attached hydrogen (secondary N) is 1. The van der Waals surface area contributed by atoms with Crippen LogP contribution >= 0.6 is 23.1 Å². The molecule has 0 bridgehead atoms. The lowest BCUT2D eigenvalue weighted by molar-refractivity contribution is -0.384. The zero-order chi connectivity index (χ0) is 16.2. The smallest absolute Gasteiger partial charge is 0.270 e. The molecule has 0 aliphatic rings. The van der Waals surface area contributed by atoms with Crippen LogP contribution < -0.4 is 5.32 Å². The molecule has 0 saturated carbocycles. The number of rotatable bonds is 5. The number of carbonyl (C=O) groups is 1. The molecule has 8 heteroatoms. The molecule has 0 radical (unpaired) electrons. The molecular formula is C15H11N3O3S2. The monoisotopic (exact) mass is 345 g/mol. The van der Waals surface area contributed by atoms with Crippen LogP contribution in [-0.2, 0) is 4.79 Å². The number of non-ortho nitro benzene ring substituents is 1. The number of fused-ring (bicyclic) bond motifs is 1. The van der Waals surface area contributed by atoms with Crippen molar-refractivity contribution >= 4 is 50.0 Å². The second-order valence-corrected chi connectivity index (χ2v) is 6.66. The van der Waals surface area contributed by atoms with E-state index in [0.29, 0.717) is 15.3 Å². The maximum absolute atomic E-state index is 12.0. The van der Waals surface area contributed by atoms with Crippen LogP contribution in [0.15, 0.2) is 53.4 Å². The van der Waals surface area contributed by atoms with Gasteiger partial charge < -0.3 is 5.32 Å². The Kier molecular flexibility index (Phi) is 4.54. The second-order valence-electron chi connectivity index (χ2n) is 4.58. The molecule has 0 unspecified atom stereocenters. The summed E-state index contributed by atoms with van der Waals surface area (Å²) >= 11 is 2.66. The van der Waals surface area contributed by atoms with Crippen molar-refractivity contribution in [2.75, 3.05) is 11.1 Å². The van der Waals surface area contributed by atoms with E-state index in [1.165, 1.54) is 35.2 Å². The highest BCUT2D eigenvalue weighted by atomic mass is 32.2. The average Bonchev–Trinajstić information content (AvgIpc) is 2.95. The molecular weight excluding hydrogens is 334 g/mol. The summed E-state index contributed by atoms with van der Waals surface area (Å²) in [6, 6.07) is 14.1. The lowest BCUT2D eigenvalue weighted by Gasteiger charge is -2.01. The van der Waals surface area contributed by atoms with Crippen LogP contribution in [0.5, 0.6) is 0 Å². The number of thiazole rings is 1. The van der Waals surface area contributed by atoms with E-state index in [-0.39, 0.29) is 17.3 Å². The van der Waals surface area contributed by atoms with Crippen molar-refractivity contribution in [1.29, 1.82) is 0 Å². The molecule has 1 amide bonds. The Morgan fingerprint density at radius 2 is 2.04 bits per heavy atom. The van der Waals surface area contributed by atoms with Crippen LogP contribution in [0.3, 0.4) is 0 Å². The molecule has 1 aromatic heterocycles. The predicted molar refractivity (Wildman–Crippen MR) is 92.1 cm³/mol. The number of amides is 1. The van der Waals surface area contributed by atoms with Gasteiger partial charge in [-0.2, -0.15) is 0 Å². The number of nitro benzene ring substituents is 1. The Morgan fingerprint density at radius 1 is 1.26 bits per heavy atom. The number of nitro groups is 1. The van der Waals surface area contributed by atoms with E-state index in [0.717, 1.165) is 4.90 Å². The number of hydrogen-bond acceptors (Lipinski definition) is 6. The molecule has 1 heterocycles. The molecule has 23 heavy (non-hydrogen) atoms. The highest BCUT2D eigenvalue weighted by Crippen LogP contribution is 2.29. The van der Waals surface area contributed by atoms with Crippen LogP contribution in [0, 0.1) is 10.1 Å². The number of anilines is 1. The average molecular weight is 345 g/mol. The van der Waals surface area contributed by atoms with Gasteiger partial charge in [0.15, 0.2) is 5.13 Å². The van der Waals surface area contributed by atoms with Crippen molar-refractivity contribution in [3.63, 3.8) is 0 Å². The summed E-state index contributed by atoms with van der Waals surface area (Å²) in [6.07, 6.45) is 0. The quantitative estimate of drug-likeness (QED) is 0.430. The first-order chi connectivity index (χ1) is 11.1. The maximum atomic E-state index is 12.0. The largest absolute Gasteiger partial charge is 0.301 e. The van der Waals surface area contributed by atoms with Crippen molar-refractivity contribution in [3.8, 4) is 0 Å². The Morgan fingerprint density at radius 3 is 2.78 bits per heavy atom. The van der Waals surface area contributed by atoms with E-state index in [9.17, 15) is 14.9 Å². The van der Waals surface area contributed by atoms with Crippen LogP contribution in [-0.4, -0.2) is 21.6 Å². The third kappa shape index (κ3) is 3.85. The van der Waals surface area contributed by atoms with Crippen molar-refractivity contribution in [1.82, 2.24) is 4.98 Å². The maximum Gasteiger partial charge on any atom is 0.270 e. The predicted octanol–water partition coefficient (Wildman–Crippen LogP) is 3.94. The summed E-state index contributed by atoms with van der Waals surface area (Å²) in [7, 11) is 0. The number of thioether (sulfide) groups is 1. The normalized spacial score (nSPS) is 10.6. The fourth-order valence-corrected chi connectivity index (χ4v) is 3.54. The Balaban J connectivity index is 1.66. The van der Waals surface area contributed by atoms with Gasteiger partial charge >= 0.3 is 0 Å². The fraction of sp³-hybridized carbons (Fsp3) is 0.0667. The first-order valence-corrected chi connectivity index (χ1v) is 8.45. The first kappa shape index (κ1) is 15.4. The van der Waals surface area contributed by atoms with E-state index in [1.54, 1.807) is 6.07 Å². The summed E-state index contributed by atoms with van der Waals surface area (Å²) < 4.78 is 0.671. The van der Waals surface area contributed by atoms with Gasteiger partial charge in [-0.05, 0) is 18.2 Å². The summed E-state index contributed by atoms with van der Waals surface area (Å²) in [4.78, 5) is 27.6. The van der Waals surface area contributed by atoms with Gasteiger partial charge in [-0.3, -0.25) is 14.9 Å². The van der Waals surface area contributed by atoms with Crippen LogP contribution in [0.25, 0.3) is 10.2 Å². The number of nitrogens with zero attached hydrogens (tertiary/aromatic N) is 2. The van der Waals surface area contributed by atoms with Crippen LogP contribution in [0.1, 0.15) is 0 Å². The van der Waals surface area contributed by atoms with Gasteiger partial charge in [-0.25, -0.2) is 4.98 Å². The Hall–Kier alpha value is -2.45. The number of hydrogen-bond donors (Lipinski definition) is 1. The molecule has 0 spiro atoms. The van der Waals surface area contributed by atoms with Gasteiger partial charge in [0, 0.05) is 17.0 Å². The molecule has 0 atom stereocenters. The fourth-order valence-electron chi connectivity index (χ4n) is 1.90. The molecule has 3 aromatic rings. The zero-order valence-electron chi connectivity index (χ0n) is 11.8. The van der Waals surface area contributed by atoms with Gasteiger partial charge in [-0.15, -0.1) is 11.8 Å². The summed E-state index contributed by atoms with van der Waals surface area (Å²) in [6.45, 7) is 0. The van der Waals surface area contributed by atoms with Crippen molar-refractivity contribution in [3.05, 3.63) is 58.6 Å². The van der Waals surface area contributed by atoms with Gasteiger partial charge in [0.05, 0.1) is 20.9 Å². The summed E-state index contributed by atoms with van der Waals surface area (Å²) in [5.41, 5.74) is 0.644. The Bertz CT molecular complexity index is 865. The molecule has 3 rings (SSSR count). The molecule has 1 N–H and O–H groups in total. The zero-order valence-corrected chi connectivity index (χ0v) is 13.4. The highest BCUT2D eigenvalue weighted by molar-refractivity contribution is 8.00. The number of benzene rings is 2. The van der Waals surface area contributed by atoms with E-state index < -0.39 is 4.92 Å². The third-order valence-electron chi connectivity index (χ3n) is 2.94. The van der Waals surface area contributed by atoms with Gasteiger partial charge in [0.25, 0.3) is 5.69 Å². The van der Waals surface area contributed by atoms with Crippen molar-refractivity contribution < 1.29 is 9.72 Å². The number of aromatic nitrogens is 1. The molecule has 6 nitrogen and oxygen atoms in total. The highest BCUT2D eigenvalue weighted by Gasteiger charge is 2.12. The lowest BCUT2D eigenvalue weighted by atomic mass is 10.3. The van der Waals surface area contributed by atoms with Crippen molar-refractivity contribution in [2.24, 2.45) is 0 Å². The van der Waals surface area contributed by atoms with E-state index in [1.807, 2.05) is 30.3 Å².